The molecule has 0 bridgehead atoms. The van der Waals surface area contributed by atoms with Crippen LogP contribution in [0.3, 0.4) is 0 Å². The first-order chi connectivity index (χ1) is 9.29. The van der Waals surface area contributed by atoms with E-state index in [2.05, 4.69) is 10.1 Å². The van der Waals surface area contributed by atoms with Crippen molar-refractivity contribution in [1.29, 1.82) is 0 Å². The summed E-state index contributed by atoms with van der Waals surface area (Å²) in [6.45, 7) is 3.83. The van der Waals surface area contributed by atoms with Crippen LogP contribution in [0.25, 0.3) is 11.5 Å². The standard InChI is InChI=1S/C13H14F3N3O/c1-7(2)10(17)11-18-12(20-19-11)8-3-5-9(6-4-8)13(14,15)16/h3-7,10H,17H2,1-2H3. The fourth-order valence-corrected chi connectivity index (χ4v) is 1.59. The van der Waals surface area contributed by atoms with Gasteiger partial charge in [-0.25, -0.2) is 0 Å². The molecular weight excluding hydrogens is 271 g/mol. The Bertz CT molecular complexity index is 575. The molecule has 1 aromatic heterocycles. The minimum atomic E-state index is -4.36. The highest BCUT2D eigenvalue weighted by Crippen LogP contribution is 2.30. The van der Waals surface area contributed by atoms with Gasteiger partial charge in [-0.3, -0.25) is 0 Å². The fraction of sp³-hybridized carbons (Fsp3) is 0.385. The number of hydrogen-bond donors (Lipinski definition) is 1. The number of rotatable bonds is 3. The highest BCUT2D eigenvalue weighted by Gasteiger charge is 2.30. The monoisotopic (exact) mass is 285 g/mol. The third-order valence-corrected chi connectivity index (χ3v) is 2.92. The second kappa shape index (κ2) is 5.24. The van der Waals surface area contributed by atoms with Crippen LogP contribution in [0.15, 0.2) is 28.8 Å². The van der Waals surface area contributed by atoms with Gasteiger partial charge in [-0.05, 0) is 30.2 Å². The molecule has 0 saturated heterocycles. The molecule has 2 rings (SSSR count). The van der Waals surface area contributed by atoms with Crippen LogP contribution in [0.2, 0.25) is 0 Å². The predicted molar refractivity (Wildman–Crippen MR) is 66.5 cm³/mol. The first-order valence-electron chi connectivity index (χ1n) is 6.06. The van der Waals surface area contributed by atoms with Gasteiger partial charge in [0.05, 0.1) is 11.6 Å². The van der Waals surface area contributed by atoms with Crippen LogP contribution < -0.4 is 5.73 Å². The van der Waals surface area contributed by atoms with Crippen molar-refractivity contribution < 1.29 is 17.7 Å². The minimum Gasteiger partial charge on any atom is -0.334 e. The van der Waals surface area contributed by atoms with E-state index in [1.54, 1.807) is 0 Å². The lowest BCUT2D eigenvalue weighted by atomic mass is 10.1. The molecule has 0 saturated carbocycles. The van der Waals surface area contributed by atoms with E-state index < -0.39 is 11.7 Å². The van der Waals surface area contributed by atoms with Gasteiger partial charge in [-0.2, -0.15) is 18.2 Å². The molecular formula is C13H14F3N3O. The van der Waals surface area contributed by atoms with Crippen molar-refractivity contribution in [2.24, 2.45) is 11.7 Å². The number of hydrogen-bond acceptors (Lipinski definition) is 4. The molecule has 0 aliphatic heterocycles. The molecule has 0 spiro atoms. The van der Waals surface area contributed by atoms with Crippen molar-refractivity contribution in [3.05, 3.63) is 35.7 Å². The van der Waals surface area contributed by atoms with E-state index in [-0.39, 0.29) is 17.9 Å². The molecule has 108 valence electrons. The molecule has 0 aliphatic carbocycles. The zero-order valence-electron chi connectivity index (χ0n) is 11.0. The molecule has 0 amide bonds. The molecule has 2 aromatic rings. The van der Waals surface area contributed by atoms with E-state index >= 15 is 0 Å². The van der Waals surface area contributed by atoms with Crippen molar-refractivity contribution >= 4 is 0 Å². The van der Waals surface area contributed by atoms with Gasteiger partial charge in [-0.1, -0.05) is 19.0 Å². The Labute approximate surface area is 113 Å². The van der Waals surface area contributed by atoms with Crippen molar-refractivity contribution in [3.63, 3.8) is 0 Å². The molecule has 1 heterocycles. The van der Waals surface area contributed by atoms with Gasteiger partial charge in [0.15, 0.2) is 5.82 Å². The van der Waals surface area contributed by atoms with Crippen LogP contribution in [0.4, 0.5) is 13.2 Å². The molecule has 2 N–H and O–H groups in total. The van der Waals surface area contributed by atoms with E-state index in [1.807, 2.05) is 13.8 Å². The van der Waals surface area contributed by atoms with Crippen LogP contribution in [0.1, 0.15) is 31.3 Å². The molecule has 0 radical (unpaired) electrons. The Kier molecular flexibility index (Phi) is 3.80. The van der Waals surface area contributed by atoms with E-state index in [0.29, 0.717) is 11.4 Å². The zero-order chi connectivity index (χ0) is 14.9. The third-order valence-electron chi connectivity index (χ3n) is 2.92. The van der Waals surface area contributed by atoms with Crippen LogP contribution in [0, 0.1) is 5.92 Å². The Balaban J connectivity index is 2.25. The number of benzene rings is 1. The number of nitrogens with zero attached hydrogens (tertiary/aromatic N) is 2. The summed E-state index contributed by atoms with van der Waals surface area (Å²) >= 11 is 0. The first-order valence-corrected chi connectivity index (χ1v) is 6.06. The summed E-state index contributed by atoms with van der Waals surface area (Å²) < 4.78 is 42.4. The largest absolute Gasteiger partial charge is 0.416 e. The van der Waals surface area contributed by atoms with Gasteiger partial charge >= 0.3 is 6.18 Å². The smallest absolute Gasteiger partial charge is 0.334 e. The van der Waals surface area contributed by atoms with Crippen molar-refractivity contribution in [3.8, 4) is 11.5 Å². The number of alkyl halides is 3. The second-order valence-electron chi connectivity index (χ2n) is 4.80. The topological polar surface area (TPSA) is 64.9 Å². The van der Waals surface area contributed by atoms with E-state index in [9.17, 15) is 13.2 Å². The SMILES string of the molecule is CC(C)C(N)c1noc(-c2ccc(C(F)(F)F)cc2)n1. The quantitative estimate of drug-likeness (QED) is 0.938. The van der Waals surface area contributed by atoms with Gasteiger partial charge in [-0.15, -0.1) is 0 Å². The molecule has 20 heavy (non-hydrogen) atoms. The second-order valence-corrected chi connectivity index (χ2v) is 4.80. The summed E-state index contributed by atoms with van der Waals surface area (Å²) in [5.41, 5.74) is 5.58. The van der Waals surface area contributed by atoms with Crippen molar-refractivity contribution in [2.75, 3.05) is 0 Å². The van der Waals surface area contributed by atoms with Crippen molar-refractivity contribution in [2.45, 2.75) is 26.1 Å². The average molecular weight is 285 g/mol. The Hall–Kier alpha value is -1.89. The van der Waals surface area contributed by atoms with Gasteiger partial charge in [0.2, 0.25) is 0 Å². The normalized spacial score (nSPS) is 13.8. The van der Waals surface area contributed by atoms with Gasteiger partial charge < -0.3 is 10.3 Å². The van der Waals surface area contributed by atoms with Crippen LogP contribution >= 0.6 is 0 Å². The van der Waals surface area contributed by atoms with Gasteiger partial charge in [0, 0.05) is 5.56 Å². The van der Waals surface area contributed by atoms with E-state index in [4.69, 9.17) is 10.3 Å². The summed E-state index contributed by atoms with van der Waals surface area (Å²) in [6, 6.07) is 4.16. The maximum absolute atomic E-state index is 12.5. The summed E-state index contributed by atoms with van der Waals surface area (Å²) in [5.74, 6) is 0.632. The van der Waals surface area contributed by atoms with Gasteiger partial charge in [0.1, 0.15) is 0 Å². The lowest BCUT2D eigenvalue weighted by Gasteiger charge is -2.09. The molecule has 4 nitrogen and oxygen atoms in total. The number of halogens is 3. The predicted octanol–water partition coefficient (Wildman–Crippen LogP) is 3.41. The van der Waals surface area contributed by atoms with Crippen LogP contribution in [-0.2, 0) is 6.18 Å². The number of aromatic nitrogens is 2. The molecule has 1 atom stereocenters. The maximum atomic E-state index is 12.5. The van der Waals surface area contributed by atoms with E-state index in [1.165, 1.54) is 12.1 Å². The van der Waals surface area contributed by atoms with E-state index in [0.717, 1.165) is 12.1 Å². The lowest BCUT2D eigenvalue weighted by molar-refractivity contribution is -0.137. The summed E-state index contributed by atoms with van der Waals surface area (Å²) in [5, 5.41) is 3.75. The summed E-state index contributed by atoms with van der Waals surface area (Å²) in [4.78, 5) is 4.11. The zero-order valence-corrected chi connectivity index (χ0v) is 11.0. The van der Waals surface area contributed by atoms with Crippen LogP contribution in [-0.4, -0.2) is 10.1 Å². The molecule has 0 fully saturated rings. The maximum Gasteiger partial charge on any atom is 0.416 e. The molecule has 1 aromatic carbocycles. The summed E-state index contributed by atoms with van der Waals surface area (Å²) in [7, 11) is 0. The summed E-state index contributed by atoms with van der Waals surface area (Å²) in [6.07, 6.45) is -4.36. The lowest BCUT2D eigenvalue weighted by Crippen LogP contribution is -2.18. The Morgan fingerprint density at radius 3 is 2.25 bits per heavy atom. The van der Waals surface area contributed by atoms with Gasteiger partial charge in [0.25, 0.3) is 5.89 Å². The Morgan fingerprint density at radius 1 is 1.15 bits per heavy atom. The third kappa shape index (κ3) is 2.98. The molecule has 7 heteroatoms. The first kappa shape index (κ1) is 14.5. The highest BCUT2D eigenvalue weighted by molar-refractivity contribution is 5.53. The average Bonchev–Trinajstić information content (AvgIpc) is 2.86. The minimum absolute atomic E-state index is 0.132. The number of nitrogens with two attached hydrogens (primary N) is 1. The molecule has 0 aliphatic rings. The highest BCUT2D eigenvalue weighted by atomic mass is 19.4. The van der Waals surface area contributed by atoms with Crippen LogP contribution in [0.5, 0.6) is 0 Å². The van der Waals surface area contributed by atoms with Crippen molar-refractivity contribution in [1.82, 2.24) is 10.1 Å². The molecule has 1 unspecified atom stereocenters. The fourth-order valence-electron chi connectivity index (χ4n) is 1.59. The Morgan fingerprint density at radius 2 is 1.75 bits per heavy atom.